The molecule has 0 spiro atoms. The minimum absolute atomic E-state index is 0.0855. The summed E-state index contributed by atoms with van der Waals surface area (Å²) in [4.78, 5) is 35.5. The third kappa shape index (κ3) is 4.40. The summed E-state index contributed by atoms with van der Waals surface area (Å²) in [5.74, 6) is 0.0910. The van der Waals surface area contributed by atoms with Gasteiger partial charge in [0, 0.05) is 31.7 Å². The lowest BCUT2D eigenvalue weighted by Gasteiger charge is -2.27. The zero-order chi connectivity index (χ0) is 20.1. The van der Waals surface area contributed by atoms with Gasteiger partial charge in [0.2, 0.25) is 0 Å². The number of piperidine rings is 1. The van der Waals surface area contributed by atoms with Crippen LogP contribution in [-0.2, 0) is 0 Å². The Labute approximate surface area is 167 Å². The van der Waals surface area contributed by atoms with Crippen LogP contribution in [0.2, 0.25) is 0 Å². The van der Waals surface area contributed by atoms with Gasteiger partial charge in [0.15, 0.2) is 5.69 Å². The van der Waals surface area contributed by atoms with Crippen molar-refractivity contribution >= 4 is 29.0 Å². The number of aromatic amines is 1. The topological polar surface area (TPSA) is 116 Å². The third-order valence-corrected chi connectivity index (χ3v) is 4.71. The quantitative estimate of drug-likeness (QED) is 0.616. The Hall–Kier alpha value is -3.75. The van der Waals surface area contributed by atoms with E-state index in [0.717, 1.165) is 18.9 Å². The van der Waals surface area contributed by atoms with Crippen molar-refractivity contribution in [2.24, 2.45) is 0 Å². The van der Waals surface area contributed by atoms with E-state index in [1.807, 2.05) is 12.1 Å². The lowest BCUT2D eigenvalue weighted by molar-refractivity contribution is 0.102. The number of hydrogen-bond acceptors (Lipinski definition) is 6. The summed E-state index contributed by atoms with van der Waals surface area (Å²) in [7, 11) is 0. The molecule has 0 radical (unpaired) electrons. The van der Waals surface area contributed by atoms with Crippen molar-refractivity contribution in [3.63, 3.8) is 0 Å². The van der Waals surface area contributed by atoms with Crippen LogP contribution in [0.4, 0.5) is 17.2 Å². The molecule has 1 aliphatic rings. The Balaban J connectivity index is 1.41. The molecule has 3 aromatic heterocycles. The van der Waals surface area contributed by atoms with Crippen molar-refractivity contribution in [1.82, 2.24) is 20.2 Å². The predicted octanol–water partition coefficient (Wildman–Crippen LogP) is 2.69. The summed E-state index contributed by atoms with van der Waals surface area (Å²) in [5.41, 5.74) is 1.32. The number of aromatic nitrogens is 4. The van der Waals surface area contributed by atoms with E-state index in [1.54, 1.807) is 24.5 Å². The van der Waals surface area contributed by atoms with Gasteiger partial charge in [-0.15, -0.1) is 0 Å². The summed E-state index contributed by atoms with van der Waals surface area (Å²) >= 11 is 0. The first-order chi connectivity index (χ1) is 14.2. The monoisotopic (exact) mass is 391 g/mol. The van der Waals surface area contributed by atoms with E-state index in [-0.39, 0.29) is 17.3 Å². The number of carbonyl (C=O) groups is 2. The zero-order valence-corrected chi connectivity index (χ0v) is 15.8. The van der Waals surface area contributed by atoms with Crippen LogP contribution in [0.1, 0.15) is 40.1 Å². The highest BCUT2D eigenvalue weighted by molar-refractivity contribution is 6.11. The fraction of sp³-hybridized carbons (Fsp3) is 0.250. The second-order valence-corrected chi connectivity index (χ2v) is 6.75. The van der Waals surface area contributed by atoms with Crippen molar-refractivity contribution in [2.45, 2.75) is 19.3 Å². The number of nitrogens with zero attached hydrogens (tertiary/aromatic N) is 4. The van der Waals surface area contributed by atoms with Crippen LogP contribution >= 0.6 is 0 Å². The largest absolute Gasteiger partial charge is 0.357 e. The van der Waals surface area contributed by atoms with Gasteiger partial charge in [-0.3, -0.25) is 19.7 Å². The number of anilines is 3. The van der Waals surface area contributed by atoms with E-state index in [1.165, 1.54) is 31.7 Å². The van der Waals surface area contributed by atoms with E-state index >= 15 is 0 Å². The molecule has 4 heterocycles. The Kier molecular flexibility index (Phi) is 5.46. The molecule has 1 aliphatic heterocycles. The maximum atomic E-state index is 12.6. The van der Waals surface area contributed by atoms with E-state index in [4.69, 9.17) is 0 Å². The number of nitrogens with one attached hydrogen (secondary N) is 3. The molecule has 3 N–H and O–H groups in total. The molecule has 29 heavy (non-hydrogen) atoms. The summed E-state index contributed by atoms with van der Waals surface area (Å²) < 4.78 is 0. The fourth-order valence-electron chi connectivity index (χ4n) is 3.21. The molecule has 0 unspecified atom stereocenters. The summed E-state index contributed by atoms with van der Waals surface area (Å²) in [6.45, 7) is 2.01. The maximum absolute atomic E-state index is 12.6. The van der Waals surface area contributed by atoms with Crippen molar-refractivity contribution < 1.29 is 9.59 Å². The van der Waals surface area contributed by atoms with Gasteiger partial charge in [0.25, 0.3) is 11.8 Å². The van der Waals surface area contributed by atoms with Crippen LogP contribution in [0.15, 0.2) is 49.1 Å². The number of pyridine rings is 2. The van der Waals surface area contributed by atoms with Gasteiger partial charge in [-0.05, 0) is 43.5 Å². The average Bonchev–Trinajstić information content (AvgIpc) is 3.24. The molecular formula is C20H21N7O2. The maximum Gasteiger partial charge on any atom is 0.278 e. The standard InChI is InChI=1S/C20H21N7O2/c28-19(14-5-4-8-21-11-14)25-16-13-23-26-18(16)20(29)24-15-6-7-17(22-12-15)27-9-2-1-3-10-27/h4-8,11-13H,1-3,9-10H2,(H,23,26)(H,24,29)(H,25,28). The molecule has 0 atom stereocenters. The van der Waals surface area contributed by atoms with Gasteiger partial charge in [0.05, 0.1) is 23.1 Å². The predicted molar refractivity (Wildman–Crippen MR) is 109 cm³/mol. The number of carbonyl (C=O) groups excluding carboxylic acids is 2. The van der Waals surface area contributed by atoms with Crippen molar-refractivity contribution in [3.05, 3.63) is 60.3 Å². The van der Waals surface area contributed by atoms with E-state index in [0.29, 0.717) is 11.3 Å². The first-order valence-electron chi connectivity index (χ1n) is 9.48. The lowest BCUT2D eigenvalue weighted by Crippen LogP contribution is -2.30. The van der Waals surface area contributed by atoms with Crippen LogP contribution < -0.4 is 15.5 Å². The molecule has 9 heteroatoms. The van der Waals surface area contributed by atoms with Crippen molar-refractivity contribution in [1.29, 1.82) is 0 Å². The average molecular weight is 391 g/mol. The lowest BCUT2D eigenvalue weighted by atomic mass is 10.1. The first kappa shape index (κ1) is 18.6. The van der Waals surface area contributed by atoms with Gasteiger partial charge in [-0.25, -0.2) is 4.98 Å². The molecular weight excluding hydrogens is 370 g/mol. The molecule has 0 bridgehead atoms. The van der Waals surface area contributed by atoms with Gasteiger partial charge in [0.1, 0.15) is 5.82 Å². The van der Waals surface area contributed by atoms with Gasteiger partial charge >= 0.3 is 0 Å². The van der Waals surface area contributed by atoms with Gasteiger partial charge < -0.3 is 15.5 Å². The molecule has 0 saturated carbocycles. The number of rotatable bonds is 5. The second-order valence-electron chi connectivity index (χ2n) is 6.75. The van der Waals surface area contributed by atoms with Crippen LogP contribution in [0.25, 0.3) is 0 Å². The molecule has 9 nitrogen and oxygen atoms in total. The van der Waals surface area contributed by atoms with E-state index < -0.39 is 5.91 Å². The smallest absolute Gasteiger partial charge is 0.278 e. The van der Waals surface area contributed by atoms with E-state index in [2.05, 4.69) is 35.7 Å². The normalized spacial score (nSPS) is 13.7. The molecule has 3 aromatic rings. The first-order valence-corrected chi connectivity index (χ1v) is 9.48. The summed E-state index contributed by atoms with van der Waals surface area (Å²) in [6.07, 6.45) is 9.72. The Bertz CT molecular complexity index is 980. The zero-order valence-electron chi connectivity index (χ0n) is 15.8. The highest BCUT2D eigenvalue weighted by Gasteiger charge is 2.18. The minimum atomic E-state index is -0.444. The highest BCUT2D eigenvalue weighted by atomic mass is 16.2. The minimum Gasteiger partial charge on any atom is -0.357 e. The Morgan fingerprint density at radius 1 is 1.00 bits per heavy atom. The summed E-state index contributed by atoms with van der Waals surface area (Å²) in [5, 5.41) is 12.0. The van der Waals surface area contributed by atoms with Gasteiger partial charge in [-0.1, -0.05) is 0 Å². The number of amides is 2. The molecule has 2 amide bonds. The van der Waals surface area contributed by atoms with Gasteiger partial charge in [-0.2, -0.15) is 5.10 Å². The Morgan fingerprint density at radius 3 is 2.59 bits per heavy atom. The van der Waals surface area contributed by atoms with E-state index in [9.17, 15) is 9.59 Å². The number of H-pyrrole nitrogens is 1. The second kappa shape index (κ2) is 8.51. The van der Waals surface area contributed by atoms with Crippen LogP contribution in [0.3, 0.4) is 0 Å². The molecule has 0 aromatic carbocycles. The summed E-state index contributed by atoms with van der Waals surface area (Å²) in [6, 6.07) is 7.02. The third-order valence-electron chi connectivity index (χ3n) is 4.71. The molecule has 1 fully saturated rings. The van der Waals surface area contributed by atoms with Crippen LogP contribution in [0.5, 0.6) is 0 Å². The molecule has 0 aliphatic carbocycles. The number of hydrogen-bond donors (Lipinski definition) is 3. The van der Waals surface area contributed by atoms with Crippen LogP contribution in [0, 0.1) is 0 Å². The van der Waals surface area contributed by atoms with Crippen LogP contribution in [-0.4, -0.2) is 45.1 Å². The van der Waals surface area contributed by atoms with Crippen molar-refractivity contribution in [3.8, 4) is 0 Å². The molecule has 148 valence electrons. The molecule has 1 saturated heterocycles. The molecule has 4 rings (SSSR count). The highest BCUT2D eigenvalue weighted by Crippen LogP contribution is 2.20. The van der Waals surface area contributed by atoms with Crippen molar-refractivity contribution in [2.75, 3.05) is 28.6 Å². The SMILES string of the molecule is O=C(Nc1c[nH]nc1C(=O)Nc1ccc(N2CCCCC2)nc1)c1cccnc1. The Morgan fingerprint density at radius 2 is 1.86 bits per heavy atom. The fourth-order valence-corrected chi connectivity index (χ4v) is 3.21.